The lowest BCUT2D eigenvalue weighted by Gasteiger charge is -2.30. The number of aromatic amines is 1. The Hall–Kier alpha value is -2.44. The van der Waals surface area contributed by atoms with Crippen LogP contribution >= 0.6 is 0 Å². The smallest absolute Gasteiger partial charge is 0.392 e. The standard InChI is InChI=1S/C14H16N4O3/c1-9-2-5-15-8-11(9)13(19)18-6-3-10(4-7-18)12-16-17-14(20)21-12/h2,5,8,10H,3-4,6-7H2,1H3,(H,17,20). The summed E-state index contributed by atoms with van der Waals surface area (Å²) in [5.41, 5.74) is 1.57. The topological polar surface area (TPSA) is 92.1 Å². The van der Waals surface area contributed by atoms with Gasteiger partial charge in [-0.3, -0.25) is 9.78 Å². The minimum absolute atomic E-state index is 0.00234. The highest BCUT2D eigenvalue weighted by Gasteiger charge is 2.28. The summed E-state index contributed by atoms with van der Waals surface area (Å²) in [4.78, 5) is 29.3. The summed E-state index contributed by atoms with van der Waals surface area (Å²) in [6.07, 6.45) is 4.76. The van der Waals surface area contributed by atoms with Gasteiger partial charge in [-0.15, -0.1) is 5.10 Å². The quantitative estimate of drug-likeness (QED) is 0.893. The van der Waals surface area contributed by atoms with E-state index in [1.165, 1.54) is 0 Å². The Bertz CT molecular complexity index is 698. The van der Waals surface area contributed by atoms with Crippen LogP contribution in [0.25, 0.3) is 0 Å². The number of amides is 1. The van der Waals surface area contributed by atoms with Crippen LogP contribution in [0.2, 0.25) is 0 Å². The lowest BCUT2D eigenvalue weighted by atomic mass is 9.96. The number of carbonyl (C=O) groups excluding carboxylic acids is 1. The van der Waals surface area contributed by atoms with Gasteiger partial charge >= 0.3 is 5.76 Å². The molecule has 0 unspecified atom stereocenters. The zero-order chi connectivity index (χ0) is 14.8. The molecule has 0 saturated carbocycles. The van der Waals surface area contributed by atoms with Gasteiger partial charge in [0, 0.05) is 31.4 Å². The summed E-state index contributed by atoms with van der Waals surface area (Å²) in [6.45, 7) is 3.14. The number of H-pyrrole nitrogens is 1. The molecule has 21 heavy (non-hydrogen) atoms. The highest BCUT2D eigenvalue weighted by atomic mass is 16.4. The van der Waals surface area contributed by atoms with E-state index in [-0.39, 0.29) is 11.8 Å². The molecule has 1 amide bonds. The van der Waals surface area contributed by atoms with Gasteiger partial charge in [0.05, 0.1) is 5.56 Å². The molecule has 110 valence electrons. The summed E-state index contributed by atoms with van der Waals surface area (Å²) >= 11 is 0. The van der Waals surface area contributed by atoms with Crippen LogP contribution in [0, 0.1) is 6.92 Å². The van der Waals surface area contributed by atoms with Crippen molar-refractivity contribution in [3.63, 3.8) is 0 Å². The Kier molecular flexibility index (Phi) is 3.55. The molecular weight excluding hydrogens is 272 g/mol. The van der Waals surface area contributed by atoms with Gasteiger partial charge in [-0.05, 0) is 31.4 Å². The Morgan fingerprint density at radius 1 is 1.43 bits per heavy atom. The Morgan fingerprint density at radius 2 is 2.19 bits per heavy atom. The molecule has 7 nitrogen and oxygen atoms in total. The van der Waals surface area contributed by atoms with Crippen molar-refractivity contribution in [3.05, 3.63) is 46.0 Å². The van der Waals surface area contributed by atoms with Crippen LogP contribution in [-0.2, 0) is 0 Å². The SMILES string of the molecule is Cc1ccncc1C(=O)N1CCC(c2n[nH]c(=O)o2)CC1. The van der Waals surface area contributed by atoms with Crippen molar-refractivity contribution in [2.75, 3.05) is 13.1 Å². The first-order valence-electron chi connectivity index (χ1n) is 6.90. The van der Waals surface area contributed by atoms with Crippen molar-refractivity contribution >= 4 is 5.91 Å². The largest absolute Gasteiger partial charge is 0.434 e. The Balaban J connectivity index is 1.67. The van der Waals surface area contributed by atoms with E-state index in [1.54, 1.807) is 12.4 Å². The fourth-order valence-corrected chi connectivity index (χ4v) is 2.60. The average Bonchev–Trinajstić information content (AvgIpc) is 2.94. The van der Waals surface area contributed by atoms with E-state index in [2.05, 4.69) is 15.2 Å². The maximum absolute atomic E-state index is 12.5. The van der Waals surface area contributed by atoms with Crippen LogP contribution in [0.1, 0.15) is 40.6 Å². The zero-order valence-electron chi connectivity index (χ0n) is 11.7. The fraction of sp³-hybridized carbons (Fsp3) is 0.429. The number of likely N-dealkylation sites (tertiary alicyclic amines) is 1. The number of pyridine rings is 1. The van der Waals surface area contributed by atoms with Gasteiger partial charge in [-0.1, -0.05) is 0 Å². The van der Waals surface area contributed by atoms with Crippen LogP contribution < -0.4 is 5.76 Å². The van der Waals surface area contributed by atoms with Gasteiger partial charge in [-0.25, -0.2) is 9.89 Å². The second-order valence-electron chi connectivity index (χ2n) is 5.21. The van der Waals surface area contributed by atoms with Crippen LogP contribution in [0.5, 0.6) is 0 Å². The number of carbonyl (C=O) groups is 1. The van der Waals surface area contributed by atoms with Gasteiger partial charge in [0.25, 0.3) is 5.91 Å². The number of aryl methyl sites for hydroxylation is 1. The molecule has 1 N–H and O–H groups in total. The molecule has 0 aliphatic carbocycles. The number of nitrogens with one attached hydrogen (secondary N) is 1. The molecule has 0 radical (unpaired) electrons. The molecule has 7 heteroatoms. The van der Waals surface area contributed by atoms with E-state index >= 15 is 0 Å². The molecule has 1 aliphatic heterocycles. The van der Waals surface area contributed by atoms with Gasteiger partial charge in [-0.2, -0.15) is 0 Å². The van der Waals surface area contributed by atoms with Crippen molar-refractivity contribution in [1.29, 1.82) is 0 Å². The zero-order valence-corrected chi connectivity index (χ0v) is 11.7. The first kappa shape index (κ1) is 13.5. The number of rotatable bonds is 2. The average molecular weight is 288 g/mol. The van der Waals surface area contributed by atoms with Crippen LogP contribution in [0.4, 0.5) is 0 Å². The molecule has 0 atom stereocenters. The summed E-state index contributed by atoms with van der Waals surface area (Å²) in [5.74, 6) is -0.00956. The molecule has 3 heterocycles. The van der Waals surface area contributed by atoms with Crippen molar-refractivity contribution in [1.82, 2.24) is 20.1 Å². The molecular formula is C14H16N4O3. The summed E-state index contributed by atoms with van der Waals surface area (Å²) < 4.78 is 4.99. The first-order chi connectivity index (χ1) is 10.1. The monoisotopic (exact) mass is 288 g/mol. The summed E-state index contributed by atoms with van der Waals surface area (Å²) in [6, 6.07) is 1.83. The van der Waals surface area contributed by atoms with Crippen LogP contribution in [0.3, 0.4) is 0 Å². The Morgan fingerprint density at radius 3 is 2.81 bits per heavy atom. The van der Waals surface area contributed by atoms with E-state index in [0.29, 0.717) is 24.5 Å². The van der Waals surface area contributed by atoms with E-state index < -0.39 is 5.76 Å². The third kappa shape index (κ3) is 2.72. The van der Waals surface area contributed by atoms with Gasteiger partial charge < -0.3 is 9.32 Å². The lowest BCUT2D eigenvalue weighted by Crippen LogP contribution is -2.38. The maximum atomic E-state index is 12.5. The van der Waals surface area contributed by atoms with Crippen molar-refractivity contribution in [3.8, 4) is 0 Å². The van der Waals surface area contributed by atoms with Crippen molar-refractivity contribution in [2.24, 2.45) is 0 Å². The normalized spacial score (nSPS) is 16.1. The third-order valence-electron chi connectivity index (χ3n) is 3.86. The molecule has 1 saturated heterocycles. The molecule has 0 spiro atoms. The molecule has 1 fully saturated rings. The molecule has 1 aliphatic rings. The highest BCUT2D eigenvalue weighted by molar-refractivity contribution is 5.95. The molecule has 0 bridgehead atoms. The molecule has 2 aromatic rings. The van der Waals surface area contributed by atoms with Gasteiger partial charge in [0.1, 0.15) is 0 Å². The predicted octanol–water partition coefficient (Wildman–Crippen LogP) is 1.09. The highest BCUT2D eigenvalue weighted by Crippen LogP contribution is 2.26. The fourth-order valence-electron chi connectivity index (χ4n) is 2.60. The number of hydrogen-bond acceptors (Lipinski definition) is 5. The molecule has 0 aromatic carbocycles. The molecule has 3 rings (SSSR count). The second-order valence-corrected chi connectivity index (χ2v) is 5.21. The van der Waals surface area contributed by atoms with E-state index in [4.69, 9.17) is 4.42 Å². The number of aromatic nitrogens is 3. The van der Waals surface area contributed by atoms with E-state index in [0.717, 1.165) is 18.4 Å². The Labute approximate surface area is 121 Å². The van der Waals surface area contributed by atoms with Gasteiger partial charge in [0.2, 0.25) is 5.89 Å². The van der Waals surface area contributed by atoms with Crippen molar-refractivity contribution < 1.29 is 9.21 Å². The lowest BCUT2D eigenvalue weighted by molar-refractivity contribution is 0.0704. The first-order valence-corrected chi connectivity index (χ1v) is 6.90. The maximum Gasteiger partial charge on any atom is 0.434 e. The minimum Gasteiger partial charge on any atom is -0.392 e. The van der Waals surface area contributed by atoms with Gasteiger partial charge in [0.15, 0.2) is 0 Å². The second kappa shape index (κ2) is 5.51. The van der Waals surface area contributed by atoms with Crippen LogP contribution in [0.15, 0.2) is 27.7 Å². The third-order valence-corrected chi connectivity index (χ3v) is 3.86. The predicted molar refractivity (Wildman–Crippen MR) is 74.0 cm³/mol. The van der Waals surface area contributed by atoms with E-state index in [9.17, 15) is 9.59 Å². The minimum atomic E-state index is -0.533. The number of hydrogen-bond donors (Lipinski definition) is 1. The number of nitrogens with zero attached hydrogens (tertiary/aromatic N) is 3. The van der Waals surface area contributed by atoms with Crippen molar-refractivity contribution in [2.45, 2.75) is 25.7 Å². The van der Waals surface area contributed by atoms with E-state index in [1.807, 2.05) is 17.9 Å². The van der Waals surface area contributed by atoms with Crippen LogP contribution in [-0.4, -0.2) is 39.1 Å². The summed E-state index contributed by atoms with van der Waals surface area (Å²) in [7, 11) is 0. The summed E-state index contributed by atoms with van der Waals surface area (Å²) in [5, 5.41) is 6.14. The molecule has 2 aromatic heterocycles. The number of piperidine rings is 1.